The van der Waals surface area contributed by atoms with Crippen molar-refractivity contribution < 1.29 is 0 Å². The van der Waals surface area contributed by atoms with Gasteiger partial charge in [0.15, 0.2) is 0 Å². The van der Waals surface area contributed by atoms with Gasteiger partial charge in [0.1, 0.15) is 0 Å². The average Bonchev–Trinajstić information content (AvgIpc) is 2.64. The lowest BCUT2D eigenvalue weighted by Crippen LogP contribution is -2.13. The summed E-state index contributed by atoms with van der Waals surface area (Å²) in [6.07, 6.45) is 0. The number of hydrogen-bond acceptors (Lipinski definition) is 2. The molecule has 0 unspecified atom stereocenters. The maximum Gasteiger partial charge on any atom is 0.0649 e. The highest BCUT2D eigenvalue weighted by atomic mass is 79.9. The lowest BCUT2D eigenvalue weighted by atomic mass is 10.2. The first-order valence-corrected chi connectivity index (χ1v) is 6.94. The standard InChI is InChI=1S/C14H18BrN3/c1-4-16-9-14-10(2)17-18(11(14)3)13-7-5-12(15)6-8-13/h5-8,16H,4,9H2,1-3H3. The molecule has 0 radical (unpaired) electrons. The van der Waals surface area contributed by atoms with Crippen molar-refractivity contribution in [3.05, 3.63) is 45.7 Å². The number of benzene rings is 1. The van der Waals surface area contributed by atoms with Gasteiger partial charge in [-0.25, -0.2) is 4.68 Å². The van der Waals surface area contributed by atoms with E-state index >= 15 is 0 Å². The summed E-state index contributed by atoms with van der Waals surface area (Å²) in [5.74, 6) is 0. The van der Waals surface area contributed by atoms with E-state index in [2.05, 4.69) is 59.2 Å². The van der Waals surface area contributed by atoms with Crippen LogP contribution in [-0.2, 0) is 6.54 Å². The van der Waals surface area contributed by atoms with Crippen LogP contribution < -0.4 is 5.32 Å². The summed E-state index contributed by atoms with van der Waals surface area (Å²) < 4.78 is 3.09. The molecular weight excluding hydrogens is 290 g/mol. The molecule has 0 aliphatic rings. The van der Waals surface area contributed by atoms with Gasteiger partial charge >= 0.3 is 0 Å². The number of rotatable bonds is 4. The van der Waals surface area contributed by atoms with Crippen molar-refractivity contribution in [3.8, 4) is 5.69 Å². The molecule has 2 rings (SSSR count). The van der Waals surface area contributed by atoms with Crippen molar-refractivity contribution in [1.29, 1.82) is 0 Å². The van der Waals surface area contributed by atoms with Gasteiger partial charge in [-0.3, -0.25) is 0 Å². The second-order valence-corrected chi connectivity index (χ2v) is 5.23. The zero-order valence-corrected chi connectivity index (χ0v) is 12.6. The molecule has 0 amide bonds. The summed E-state index contributed by atoms with van der Waals surface area (Å²) >= 11 is 3.45. The zero-order valence-electron chi connectivity index (χ0n) is 11.0. The molecule has 96 valence electrons. The molecule has 0 fully saturated rings. The van der Waals surface area contributed by atoms with Crippen molar-refractivity contribution in [1.82, 2.24) is 15.1 Å². The van der Waals surface area contributed by atoms with E-state index in [1.807, 2.05) is 16.8 Å². The Morgan fingerprint density at radius 3 is 2.50 bits per heavy atom. The summed E-state index contributed by atoms with van der Waals surface area (Å²) in [6, 6.07) is 8.21. The molecule has 0 atom stereocenters. The second-order valence-electron chi connectivity index (χ2n) is 4.32. The molecule has 0 saturated heterocycles. The molecule has 0 bridgehead atoms. The third-order valence-corrected chi connectivity index (χ3v) is 3.59. The fraction of sp³-hybridized carbons (Fsp3) is 0.357. The van der Waals surface area contributed by atoms with Gasteiger partial charge < -0.3 is 5.32 Å². The van der Waals surface area contributed by atoms with E-state index in [4.69, 9.17) is 0 Å². The van der Waals surface area contributed by atoms with Crippen LogP contribution >= 0.6 is 15.9 Å². The highest BCUT2D eigenvalue weighted by Gasteiger charge is 2.11. The molecule has 0 aliphatic heterocycles. The number of nitrogens with zero attached hydrogens (tertiary/aromatic N) is 2. The highest BCUT2D eigenvalue weighted by Crippen LogP contribution is 2.19. The summed E-state index contributed by atoms with van der Waals surface area (Å²) in [5, 5.41) is 7.98. The summed E-state index contributed by atoms with van der Waals surface area (Å²) in [5.41, 5.74) is 4.69. The number of halogens is 1. The van der Waals surface area contributed by atoms with Crippen LogP contribution in [-0.4, -0.2) is 16.3 Å². The number of nitrogens with one attached hydrogen (secondary N) is 1. The maximum atomic E-state index is 4.62. The quantitative estimate of drug-likeness (QED) is 0.938. The Labute approximate surface area is 116 Å². The van der Waals surface area contributed by atoms with Crippen LogP contribution in [0.3, 0.4) is 0 Å². The Kier molecular flexibility index (Phi) is 4.19. The van der Waals surface area contributed by atoms with Crippen LogP contribution in [0.1, 0.15) is 23.9 Å². The van der Waals surface area contributed by atoms with Crippen molar-refractivity contribution >= 4 is 15.9 Å². The van der Waals surface area contributed by atoms with Crippen molar-refractivity contribution in [2.45, 2.75) is 27.3 Å². The van der Waals surface area contributed by atoms with Crippen LogP contribution in [0.5, 0.6) is 0 Å². The minimum absolute atomic E-state index is 0.880. The predicted molar refractivity (Wildman–Crippen MR) is 78.1 cm³/mol. The van der Waals surface area contributed by atoms with E-state index in [0.717, 1.165) is 28.9 Å². The van der Waals surface area contributed by atoms with E-state index in [1.165, 1.54) is 11.3 Å². The SMILES string of the molecule is CCNCc1c(C)nn(-c2ccc(Br)cc2)c1C. The summed E-state index contributed by atoms with van der Waals surface area (Å²) in [7, 11) is 0. The molecule has 1 N–H and O–H groups in total. The van der Waals surface area contributed by atoms with E-state index in [1.54, 1.807) is 0 Å². The third-order valence-electron chi connectivity index (χ3n) is 3.06. The number of aryl methyl sites for hydroxylation is 1. The molecule has 0 aliphatic carbocycles. The van der Waals surface area contributed by atoms with E-state index in [9.17, 15) is 0 Å². The van der Waals surface area contributed by atoms with Gasteiger partial charge in [-0.15, -0.1) is 0 Å². The molecular formula is C14H18BrN3. The van der Waals surface area contributed by atoms with Gasteiger partial charge in [-0.1, -0.05) is 22.9 Å². The molecule has 3 nitrogen and oxygen atoms in total. The van der Waals surface area contributed by atoms with Gasteiger partial charge in [-0.05, 0) is 44.7 Å². The van der Waals surface area contributed by atoms with Crippen molar-refractivity contribution in [3.63, 3.8) is 0 Å². The van der Waals surface area contributed by atoms with E-state index in [0.29, 0.717) is 0 Å². The Balaban J connectivity index is 2.37. The van der Waals surface area contributed by atoms with Crippen molar-refractivity contribution in [2.75, 3.05) is 6.54 Å². The van der Waals surface area contributed by atoms with Crippen LogP contribution in [0, 0.1) is 13.8 Å². The van der Waals surface area contributed by atoms with Gasteiger partial charge in [0.2, 0.25) is 0 Å². The smallest absolute Gasteiger partial charge is 0.0649 e. The molecule has 1 heterocycles. The van der Waals surface area contributed by atoms with E-state index < -0.39 is 0 Å². The lowest BCUT2D eigenvalue weighted by Gasteiger charge is -2.06. The average molecular weight is 308 g/mol. The van der Waals surface area contributed by atoms with Gasteiger partial charge in [-0.2, -0.15) is 5.10 Å². The van der Waals surface area contributed by atoms with Crippen molar-refractivity contribution in [2.24, 2.45) is 0 Å². The molecule has 0 saturated carbocycles. The Bertz CT molecular complexity index is 529. The molecule has 2 aromatic rings. The molecule has 1 aromatic carbocycles. The van der Waals surface area contributed by atoms with Gasteiger partial charge in [0.25, 0.3) is 0 Å². The minimum Gasteiger partial charge on any atom is -0.313 e. The molecule has 18 heavy (non-hydrogen) atoms. The lowest BCUT2D eigenvalue weighted by molar-refractivity contribution is 0.719. The first-order chi connectivity index (χ1) is 8.63. The Hall–Kier alpha value is -1.13. The normalized spacial score (nSPS) is 10.9. The Morgan fingerprint density at radius 2 is 1.89 bits per heavy atom. The largest absolute Gasteiger partial charge is 0.313 e. The fourth-order valence-corrected chi connectivity index (χ4v) is 2.28. The maximum absolute atomic E-state index is 4.62. The number of hydrogen-bond donors (Lipinski definition) is 1. The monoisotopic (exact) mass is 307 g/mol. The van der Waals surface area contributed by atoms with Crippen LogP contribution in [0.15, 0.2) is 28.7 Å². The van der Waals surface area contributed by atoms with Gasteiger partial charge in [0.05, 0.1) is 11.4 Å². The van der Waals surface area contributed by atoms with Crippen LogP contribution in [0.25, 0.3) is 5.69 Å². The van der Waals surface area contributed by atoms with E-state index in [-0.39, 0.29) is 0 Å². The molecule has 0 spiro atoms. The predicted octanol–water partition coefficient (Wildman–Crippen LogP) is 3.36. The highest BCUT2D eigenvalue weighted by molar-refractivity contribution is 9.10. The summed E-state index contributed by atoms with van der Waals surface area (Å²) in [6.45, 7) is 8.15. The fourth-order valence-electron chi connectivity index (χ4n) is 2.01. The zero-order chi connectivity index (χ0) is 13.1. The van der Waals surface area contributed by atoms with Crippen LogP contribution in [0.4, 0.5) is 0 Å². The number of aromatic nitrogens is 2. The molecule has 4 heteroatoms. The molecule has 1 aromatic heterocycles. The third kappa shape index (κ3) is 2.65. The first-order valence-electron chi connectivity index (χ1n) is 6.15. The van der Waals surface area contributed by atoms with Crippen LogP contribution in [0.2, 0.25) is 0 Å². The van der Waals surface area contributed by atoms with Gasteiger partial charge in [0, 0.05) is 22.3 Å². The Morgan fingerprint density at radius 1 is 1.22 bits per heavy atom. The second kappa shape index (κ2) is 5.67. The minimum atomic E-state index is 0.880. The first kappa shape index (κ1) is 13.3. The topological polar surface area (TPSA) is 29.9 Å². The summed E-state index contributed by atoms with van der Waals surface area (Å²) in [4.78, 5) is 0.